The number of hydrogen-bond acceptors (Lipinski definition) is 2. The van der Waals surface area contributed by atoms with E-state index in [1.165, 1.54) is 17.4 Å². The maximum atomic E-state index is 13.6. The Hall–Kier alpha value is -2.93. The van der Waals surface area contributed by atoms with Gasteiger partial charge in [-0.25, -0.2) is 4.39 Å². The fourth-order valence-electron chi connectivity index (χ4n) is 3.92. The molecule has 2 aromatic carbocycles. The Bertz CT molecular complexity index is 1190. The molecule has 4 rings (SSSR count). The lowest BCUT2D eigenvalue weighted by molar-refractivity contribution is -0.136. The molecule has 0 fully saturated rings. The molecule has 2 N–H and O–H groups in total. The number of aromatic amines is 1. The summed E-state index contributed by atoms with van der Waals surface area (Å²) in [6.45, 7) is 6.75. The minimum atomic E-state index is -1.88. The van der Waals surface area contributed by atoms with E-state index in [9.17, 15) is 14.3 Å². The normalized spacial score (nSPS) is 12.1. The van der Waals surface area contributed by atoms with Crippen molar-refractivity contribution < 1.29 is 14.3 Å². The van der Waals surface area contributed by atoms with E-state index in [-0.39, 0.29) is 12.2 Å². The van der Waals surface area contributed by atoms with Crippen LogP contribution in [-0.2, 0) is 11.2 Å². The Morgan fingerprint density at radius 3 is 2.57 bits per heavy atom. The maximum Gasteiger partial charge on any atom is 0.303 e. The van der Waals surface area contributed by atoms with Gasteiger partial charge < -0.3 is 9.67 Å². The molecule has 5 nitrogen and oxygen atoms in total. The van der Waals surface area contributed by atoms with Crippen LogP contribution < -0.4 is 5.32 Å². The lowest BCUT2D eigenvalue weighted by atomic mass is 10.1. The van der Waals surface area contributed by atoms with Crippen molar-refractivity contribution in [2.75, 3.05) is 0 Å². The second-order valence-corrected chi connectivity index (χ2v) is 13.1. The van der Waals surface area contributed by atoms with E-state index >= 15 is 0 Å². The summed E-state index contributed by atoms with van der Waals surface area (Å²) in [7, 11) is -1.88. The van der Waals surface area contributed by atoms with Gasteiger partial charge in [0, 0.05) is 28.2 Å². The van der Waals surface area contributed by atoms with Gasteiger partial charge in [-0.15, -0.1) is 0 Å². The van der Waals surface area contributed by atoms with Gasteiger partial charge in [0.2, 0.25) is 0 Å². The molecule has 0 aliphatic rings. The van der Waals surface area contributed by atoms with Crippen molar-refractivity contribution in [1.29, 1.82) is 0 Å². The molecule has 0 atom stereocenters. The van der Waals surface area contributed by atoms with Crippen LogP contribution >= 0.6 is 0 Å². The summed E-state index contributed by atoms with van der Waals surface area (Å²) in [4.78, 5) is 11.3. The van der Waals surface area contributed by atoms with Crippen LogP contribution in [-0.4, -0.2) is 33.9 Å². The van der Waals surface area contributed by atoms with Gasteiger partial charge >= 0.3 is 5.97 Å². The predicted octanol–water partition coefficient (Wildman–Crippen LogP) is 4.21. The first-order valence-corrected chi connectivity index (χ1v) is 12.7. The molecule has 0 radical (unpaired) electrons. The van der Waals surface area contributed by atoms with Crippen LogP contribution in [0.1, 0.15) is 12.0 Å². The number of halogens is 1. The minimum Gasteiger partial charge on any atom is -0.481 e. The zero-order chi connectivity index (χ0) is 20.1. The van der Waals surface area contributed by atoms with Crippen LogP contribution in [0.5, 0.6) is 0 Å². The number of carboxylic acids is 1. The number of aromatic nitrogens is 3. The molecule has 144 valence electrons. The highest BCUT2D eigenvalue weighted by Gasteiger charge is 2.29. The van der Waals surface area contributed by atoms with Gasteiger partial charge in [-0.05, 0) is 48.4 Å². The first-order chi connectivity index (χ1) is 13.3. The number of benzene rings is 2. The van der Waals surface area contributed by atoms with Crippen molar-refractivity contribution in [1.82, 2.24) is 14.8 Å². The summed E-state index contributed by atoms with van der Waals surface area (Å²) < 4.78 is 15.7. The summed E-state index contributed by atoms with van der Waals surface area (Å²) in [5.74, 6) is -1.09. The molecule has 2 heterocycles. The Morgan fingerprint density at radius 2 is 1.93 bits per heavy atom. The van der Waals surface area contributed by atoms with Crippen molar-refractivity contribution in [2.24, 2.45) is 0 Å². The first kappa shape index (κ1) is 18.4. The van der Waals surface area contributed by atoms with Gasteiger partial charge in [-0.1, -0.05) is 19.6 Å². The Labute approximate surface area is 162 Å². The largest absolute Gasteiger partial charge is 0.481 e. The lowest BCUT2D eigenvalue weighted by Gasteiger charge is -2.23. The highest BCUT2D eigenvalue weighted by Crippen LogP contribution is 2.30. The molecular weight excluding hydrogens is 373 g/mol. The van der Waals surface area contributed by atoms with E-state index in [1.54, 1.807) is 18.3 Å². The van der Waals surface area contributed by atoms with E-state index in [1.807, 2.05) is 0 Å². The van der Waals surface area contributed by atoms with E-state index < -0.39 is 14.0 Å². The SMILES string of the molecule is C[Si](C)(C)c1c(CCC(=O)O)c2cc3[nH]ncc3cc2n1-c1ccc(F)cc1. The van der Waals surface area contributed by atoms with Crippen LogP contribution in [0.25, 0.3) is 27.5 Å². The van der Waals surface area contributed by atoms with Gasteiger partial charge in [-0.3, -0.25) is 9.89 Å². The zero-order valence-corrected chi connectivity index (χ0v) is 17.1. The zero-order valence-electron chi connectivity index (χ0n) is 16.1. The number of nitrogens with one attached hydrogen (secondary N) is 1. The highest BCUT2D eigenvalue weighted by molar-refractivity contribution is 6.89. The van der Waals surface area contributed by atoms with E-state index in [0.29, 0.717) is 6.42 Å². The van der Waals surface area contributed by atoms with Crippen LogP contribution in [0.2, 0.25) is 19.6 Å². The van der Waals surface area contributed by atoms with E-state index in [0.717, 1.165) is 33.1 Å². The Balaban J connectivity index is 2.11. The molecule has 7 heteroatoms. The quantitative estimate of drug-likeness (QED) is 0.497. The number of hydrogen-bond donors (Lipinski definition) is 2. The molecule has 0 unspecified atom stereocenters. The Kier molecular flexibility index (Phi) is 4.34. The molecule has 0 aliphatic carbocycles. The van der Waals surface area contributed by atoms with Gasteiger partial charge in [0.05, 0.1) is 25.3 Å². The second kappa shape index (κ2) is 6.59. The average Bonchev–Trinajstić information content (AvgIpc) is 3.20. The van der Waals surface area contributed by atoms with Gasteiger partial charge in [0.1, 0.15) is 5.82 Å². The smallest absolute Gasteiger partial charge is 0.303 e. The molecule has 0 saturated carbocycles. The summed E-state index contributed by atoms with van der Waals surface area (Å²) >= 11 is 0. The van der Waals surface area contributed by atoms with Crippen LogP contribution in [0.3, 0.4) is 0 Å². The van der Waals surface area contributed by atoms with Crippen molar-refractivity contribution >= 4 is 41.2 Å². The number of carboxylic acid groups (broad SMARTS) is 1. The number of rotatable bonds is 5. The average molecular weight is 396 g/mol. The van der Waals surface area contributed by atoms with E-state index in [2.05, 4.69) is 46.5 Å². The van der Waals surface area contributed by atoms with Gasteiger partial charge in [-0.2, -0.15) is 5.10 Å². The maximum absolute atomic E-state index is 13.6. The van der Waals surface area contributed by atoms with Crippen LogP contribution in [0.15, 0.2) is 42.6 Å². The number of nitrogens with zero attached hydrogens (tertiary/aromatic N) is 2. The third kappa shape index (κ3) is 3.11. The summed E-state index contributed by atoms with van der Waals surface area (Å²) in [5.41, 5.74) is 3.87. The van der Waals surface area contributed by atoms with Crippen molar-refractivity contribution in [2.45, 2.75) is 32.5 Å². The molecule has 0 bridgehead atoms. The van der Waals surface area contributed by atoms with Crippen molar-refractivity contribution in [3.63, 3.8) is 0 Å². The molecule has 28 heavy (non-hydrogen) atoms. The number of aryl methyl sites for hydroxylation is 1. The lowest BCUT2D eigenvalue weighted by Crippen LogP contribution is -2.44. The molecule has 0 saturated heterocycles. The molecule has 4 aromatic rings. The number of fused-ring (bicyclic) bond motifs is 2. The highest BCUT2D eigenvalue weighted by atomic mass is 28.3. The fourth-order valence-corrected chi connectivity index (χ4v) is 6.01. The minimum absolute atomic E-state index is 0.0705. The molecule has 2 aromatic heterocycles. The summed E-state index contributed by atoms with van der Waals surface area (Å²) in [6.07, 6.45) is 2.31. The standard InChI is InChI=1S/C21H22FN3O2Si/c1-28(2,3)21-16(8-9-20(26)27)17-11-18-13(12-23-24-18)10-19(17)25(21)15-6-4-14(22)5-7-15/h4-7,10-12H,8-9H2,1-3H3,(H,23,24)(H,26,27). The number of aliphatic carboxylic acids is 1. The Morgan fingerprint density at radius 1 is 1.21 bits per heavy atom. The van der Waals surface area contributed by atoms with Gasteiger partial charge in [0.15, 0.2) is 0 Å². The fraction of sp³-hybridized carbons (Fsp3) is 0.238. The van der Waals surface area contributed by atoms with Crippen LogP contribution in [0, 0.1) is 5.82 Å². The van der Waals surface area contributed by atoms with Crippen molar-refractivity contribution in [3.05, 3.63) is 54.0 Å². The summed E-state index contributed by atoms with van der Waals surface area (Å²) in [6, 6.07) is 10.6. The third-order valence-corrected chi connectivity index (χ3v) is 6.96. The first-order valence-electron chi connectivity index (χ1n) is 9.24. The topological polar surface area (TPSA) is 70.9 Å². The van der Waals surface area contributed by atoms with Crippen LogP contribution in [0.4, 0.5) is 4.39 Å². The number of carbonyl (C=O) groups is 1. The number of H-pyrrole nitrogens is 1. The molecular formula is C21H22FN3O2Si. The predicted molar refractivity (Wildman–Crippen MR) is 112 cm³/mol. The molecule has 0 spiro atoms. The second-order valence-electron chi connectivity index (χ2n) is 8.11. The van der Waals surface area contributed by atoms with E-state index in [4.69, 9.17) is 0 Å². The third-order valence-electron chi connectivity index (χ3n) is 5.02. The monoisotopic (exact) mass is 395 g/mol. The van der Waals surface area contributed by atoms with Crippen molar-refractivity contribution in [3.8, 4) is 5.69 Å². The molecule has 0 amide bonds. The molecule has 0 aliphatic heterocycles. The van der Waals surface area contributed by atoms with Gasteiger partial charge in [0.25, 0.3) is 0 Å². The summed E-state index contributed by atoms with van der Waals surface area (Å²) in [5, 5.41) is 19.6.